The van der Waals surface area contributed by atoms with Crippen LogP contribution < -0.4 is 0 Å². The van der Waals surface area contributed by atoms with E-state index >= 15 is 0 Å². The quantitative estimate of drug-likeness (QED) is 0.820. The second-order valence-electron chi connectivity index (χ2n) is 5.36. The first-order valence-corrected chi connectivity index (χ1v) is 6.28. The van der Waals surface area contributed by atoms with E-state index in [2.05, 4.69) is 28.9 Å². The third-order valence-corrected chi connectivity index (χ3v) is 2.95. The number of aliphatic carboxylic acids is 1. The highest BCUT2D eigenvalue weighted by Gasteiger charge is 2.29. The molecule has 0 unspecified atom stereocenters. The van der Waals surface area contributed by atoms with Crippen molar-refractivity contribution in [2.24, 2.45) is 11.8 Å². The number of likely N-dealkylation sites (tertiary alicyclic amines) is 1. The molecular weight excluding hydrogens is 234 g/mol. The van der Waals surface area contributed by atoms with E-state index in [9.17, 15) is 4.79 Å². The predicted octanol–water partition coefficient (Wildman–Crippen LogP) is 1.17. The minimum absolute atomic E-state index is 0.251. The molecule has 2 heterocycles. The Bertz CT molecular complexity index is 410. The topological polar surface area (TPSA) is 79.5 Å². The molecule has 1 aromatic rings. The van der Waals surface area contributed by atoms with Crippen LogP contribution in [0.2, 0.25) is 0 Å². The van der Waals surface area contributed by atoms with Crippen LogP contribution in [0, 0.1) is 11.8 Å². The van der Waals surface area contributed by atoms with Crippen LogP contribution in [0.25, 0.3) is 0 Å². The van der Waals surface area contributed by atoms with Crippen molar-refractivity contribution in [1.82, 2.24) is 15.0 Å². The normalized spacial score (nSPS) is 17.1. The van der Waals surface area contributed by atoms with E-state index < -0.39 is 5.97 Å². The molecule has 2 rings (SSSR count). The zero-order valence-corrected chi connectivity index (χ0v) is 10.8. The van der Waals surface area contributed by atoms with E-state index in [0.29, 0.717) is 24.2 Å². The maximum Gasteiger partial charge on any atom is 0.303 e. The van der Waals surface area contributed by atoms with Crippen LogP contribution in [0.1, 0.15) is 32.0 Å². The van der Waals surface area contributed by atoms with E-state index in [0.717, 1.165) is 19.5 Å². The Hall–Kier alpha value is -1.43. The van der Waals surface area contributed by atoms with E-state index in [-0.39, 0.29) is 12.3 Å². The van der Waals surface area contributed by atoms with Crippen LogP contribution in [-0.4, -0.2) is 39.2 Å². The summed E-state index contributed by atoms with van der Waals surface area (Å²) in [6.45, 7) is 6.48. The zero-order valence-electron chi connectivity index (χ0n) is 10.8. The van der Waals surface area contributed by atoms with Crippen molar-refractivity contribution in [1.29, 1.82) is 0 Å². The molecule has 1 aliphatic rings. The summed E-state index contributed by atoms with van der Waals surface area (Å²) in [4.78, 5) is 17.0. The summed E-state index contributed by atoms with van der Waals surface area (Å²) in [5.74, 6) is 1.42. The lowest BCUT2D eigenvalue weighted by atomic mass is 9.96. The molecule has 6 heteroatoms. The number of nitrogens with zero attached hydrogens (tertiary/aromatic N) is 3. The molecule has 0 radical (unpaired) electrons. The average Bonchev–Trinajstić information content (AvgIpc) is 2.60. The van der Waals surface area contributed by atoms with Crippen molar-refractivity contribution < 1.29 is 14.4 Å². The highest BCUT2D eigenvalue weighted by Crippen LogP contribution is 2.20. The molecule has 1 N–H and O–H groups in total. The first kappa shape index (κ1) is 13.0. The van der Waals surface area contributed by atoms with Crippen molar-refractivity contribution >= 4 is 5.97 Å². The van der Waals surface area contributed by atoms with Gasteiger partial charge < -0.3 is 9.63 Å². The van der Waals surface area contributed by atoms with Gasteiger partial charge in [-0.2, -0.15) is 4.98 Å². The van der Waals surface area contributed by atoms with E-state index in [4.69, 9.17) is 9.63 Å². The molecule has 1 fully saturated rings. The molecule has 0 spiro atoms. The Kier molecular flexibility index (Phi) is 3.96. The smallest absolute Gasteiger partial charge is 0.303 e. The van der Waals surface area contributed by atoms with Crippen LogP contribution >= 0.6 is 0 Å². The summed E-state index contributed by atoms with van der Waals surface area (Å²) in [6.07, 6.45) is 1.05. The summed E-state index contributed by atoms with van der Waals surface area (Å²) in [6, 6.07) is 0. The number of carboxylic acid groups (broad SMARTS) is 1. The van der Waals surface area contributed by atoms with Gasteiger partial charge in [0.2, 0.25) is 5.89 Å². The summed E-state index contributed by atoms with van der Waals surface area (Å²) >= 11 is 0. The fourth-order valence-corrected chi connectivity index (χ4v) is 2.17. The second-order valence-corrected chi connectivity index (χ2v) is 5.36. The molecule has 18 heavy (non-hydrogen) atoms. The molecule has 6 nitrogen and oxygen atoms in total. The largest absolute Gasteiger partial charge is 0.481 e. The maximum absolute atomic E-state index is 10.5. The highest BCUT2D eigenvalue weighted by atomic mass is 16.5. The van der Waals surface area contributed by atoms with E-state index in [1.54, 1.807) is 0 Å². The van der Waals surface area contributed by atoms with Gasteiger partial charge in [0.05, 0.1) is 13.0 Å². The monoisotopic (exact) mass is 253 g/mol. The molecule has 0 atom stereocenters. The molecule has 0 aromatic carbocycles. The summed E-state index contributed by atoms with van der Waals surface area (Å²) in [7, 11) is 0. The molecular formula is C12H19N3O3. The first-order chi connectivity index (χ1) is 8.52. The van der Waals surface area contributed by atoms with Crippen molar-refractivity contribution in [2.75, 3.05) is 13.1 Å². The SMILES string of the molecule is CC(C)Cc1nc(CN2CC(CC(=O)O)C2)no1. The zero-order chi connectivity index (χ0) is 13.1. The van der Waals surface area contributed by atoms with Gasteiger partial charge in [0.1, 0.15) is 0 Å². The van der Waals surface area contributed by atoms with Gasteiger partial charge in [-0.15, -0.1) is 0 Å². The maximum atomic E-state index is 10.5. The highest BCUT2D eigenvalue weighted by molar-refractivity contribution is 5.67. The molecule has 0 amide bonds. The third-order valence-electron chi connectivity index (χ3n) is 2.95. The molecule has 1 aromatic heterocycles. The summed E-state index contributed by atoms with van der Waals surface area (Å²) in [5, 5.41) is 12.6. The average molecular weight is 253 g/mol. The number of aromatic nitrogens is 2. The number of carboxylic acids is 1. The Balaban J connectivity index is 1.75. The van der Waals surface area contributed by atoms with Crippen LogP contribution in [-0.2, 0) is 17.8 Å². The van der Waals surface area contributed by atoms with E-state index in [1.807, 2.05) is 0 Å². The lowest BCUT2D eigenvalue weighted by molar-refractivity contribution is -0.139. The van der Waals surface area contributed by atoms with Gasteiger partial charge in [-0.05, 0) is 11.8 Å². The Morgan fingerprint density at radius 1 is 1.56 bits per heavy atom. The van der Waals surface area contributed by atoms with Gasteiger partial charge in [-0.3, -0.25) is 9.69 Å². The van der Waals surface area contributed by atoms with Gasteiger partial charge >= 0.3 is 5.97 Å². The number of hydrogen-bond acceptors (Lipinski definition) is 5. The minimum atomic E-state index is -0.724. The molecule has 0 bridgehead atoms. The van der Waals surface area contributed by atoms with Gasteiger partial charge in [0.15, 0.2) is 5.82 Å². The Morgan fingerprint density at radius 3 is 2.89 bits per heavy atom. The number of hydrogen-bond donors (Lipinski definition) is 1. The van der Waals surface area contributed by atoms with Crippen molar-refractivity contribution in [3.8, 4) is 0 Å². The second kappa shape index (κ2) is 5.48. The number of carbonyl (C=O) groups is 1. The fourth-order valence-electron chi connectivity index (χ4n) is 2.17. The first-order valence-electron chi connectivity index (χ1n) is 6.28. The standard InChI is InChI=1S/C12H19N3O3/c1-8(2)3-11-13-10(14-18-11)7-15-5-9(6-15)4-12(16)17/h8-9H,3-7H2,1-2H3,(H,16,17). The van der Waals surface area contributed by atoms with Crippen molar-refractivity contribution in [3.63, 3.8) is 0 Å². The van der Waals surface area contributed by atoms with Crippen LogP contribution in [0.3, 0.4) is 0 Å². The van der Waals surface area contributed by atoms with Gasteiger partial charge in [-0.25, -0.2) is 0 Å². The summed E-state index contributed by atoms with van der Waals surface area (Å²) in [5.41, 5.74) is 0. The van der Waals surface area contributed by atoms with Gasteiger partial charge in [0.25, 0.3) is 0 Å². The Labute approximate surface area is 106 Å². The summed E-state index contributed by atoms with van der Waals surface area (Å²) < 4.78 is 5.15. The van der Waals surface area contributed by atoms with Crippen molar-refractivity contribution in [3.05, 3.63) is 11.7 Å². The molecule has 100 valence electrons. The minimum Gasteiger partial charge on any atom is -0.481 e. The van der Waals surface area contributed by atoms with Gasteiger partial charge in [-0.1, -0.05) is 19.0 Å². The number of rotatable bonds is 6. The van der Waals surface area contributed by atoms with Crippen LogP contribution in [0.15, 0.2) is 4.52 Å². The third kappa shape index (κ3) is 3.53. The molecule has 0 aliphatic carbocycles. The lowest BCUT2D eigenvalue weighted by Gasteiger charge is -2.37. The predicted molar refractivity (Wildman–Crippen MR) is 63.9 cm³/mol. The van der Waals surface area contributed by atoms with E-state index in [1.165, 1.54) is 0 Å². The Morgan fingerprint density at radius 2 is 2.28 bits per heavy atom. The molecule has 1 aliphatic heterocycles. The molecule has 0 saturated carbocycles. The fraction of sp³-hybridized carbons (Fsp3) is 0.750. The van der Waals surface area contributed by atoms with Gasteiger partial charge in [0, 0.05) is 19.5 Å². The van der Waals surface area contributed by atoms with Crippen molar-refractivity contribution in [2.45, 2.75) is 33.2 Å². The van der Waals surface area contributed by atoms with Crippen LogP contribution in [0.4, 0.5) is 0 Å². The lowest BCUT2D eigenvalue weighted by Crippen LogP contribution is -2.46. The molecule has 1 saturated heterocycles. The van der Waals surface area contributed by atoms with Crippen LogP contribution in [0.5, 0.6) is 0 Å².